The lowest BCUT2D eigenvalue weighted by molar-refractivity contribution is -0.196. The molecule has 19 heavy (non-hydrogen) atoms. The summed E-state index contributed by atoms with van der Waals surface area (Å²) in [4.78, 5) is 12.0. The van der Waals surface area contributed by atoms with Gasteiger partial charge in [-0.2, -0.15) is 5.12 Å². The minimum absolute atomic E-state index is 0.258. The first-order valence-electron chi connectivity index (χ1n) is 6.67. The Bertz CT molecular complexity index is 453. The molecule has 0 aliphatic carbocycles. The fourth-order valence-electron chi connectivity index (χ4n) is 2.99. The minimum Gasteiger partial charge on any atom is -0.468 e. The Hall–Kier alpha value is -1.43. The number of hydrogen-bond acceptors (Lipinski definition) is 5. The molecule has 3 saturated heterocycles. The molecule has 0 aromatic heterocycles. The lowest BCUT2D eigenvalue weighted by Gasteiger charge is -2.49. The molecule has 0 radical (unpaired) electrons. The van der Waals surface area contributed by atoms with Crippen molar-refractivity contribution in [2.45, 2.75) is 31.5 Å². The van der Waals surface area contributed by atoms with Crippen LogP contribution < -0.4 is 5.43 Å². The molecule has 1 aromatic rings. The number of nitrogens with one attached hydrogen (secondary N) is 1. The molecule has 0 saturated carbocycles. The van der Waals surface area contributed by atoms with Crippen molar-refractivity contribution in [2.24, 2.45) is 0 Å². The van der Waals surface area contributed by atoms with Gasteiger partial charge in [-0.25, -0.2) is 15.2 Å². The van der Waals surface area contributed by atoms with Gasteiger partial charge in [0.05, 0.1) is 13.2 Å². The van der Waals surface area contributed by atoms with E-state index in [9.17, 15) is 4.79 Å². The standard InChI is InChI=1S/C14H19N3O2/c1-10-12-8-9-16(10)17(12)15-13(14(18)19-2)11-6-4-3-5-7-11/h3-7,10,12-13,15H,8-9H2,1-2H3/t10-,12-,13-/m1/s1. The van der Waals surface area contributed by atoms with Crippen molar-refractivity contribution < 1.29 is 9.53 Å². The fourth-order valence-corrected chi connectivity index (χ4v) is 2.99. The number of fused-ring (bicyclic) bond motifs is 1. The van der Waals surface area contributed by atoms with E-state index < -0.39 is 6.04 Å². The first-order chi connectivity index (χ1) is 9.22. The maximum Gasteiger partial charge on any atom is 0.328 e. The normalized spacial score (nSPS) is 30.7. The van der Waals surface area contributed by atoms with Gasteiger partial charge in [0, 0.05) is 12.6 Å². The van der Waals surface area contributed by atoms with Crippen molar-refractivity contribution in [3.05, 3.63) is 35.9 Å². The van der Waals surface area contributed by atoms with Gasteiger partial charge in [-0.15, -0.1) is 0 Å². The third-order valence-electron chi connectivity index (χ3n) is 4.10. The predicted octanol–water partition coefficient (Wildman–Crippen LogP) is 1.10. The summed E-state index contributed by atoms with van der Waals surface area (Å²) >= 11 is 0. The molecule has 3 fully saturated rings. The van der Waals surface area contributed by atoms with Crippen LogP contribution in [0.5, 0.6) is 0 Å². The number of carbonyl (C=O) groups is 1. The second kappa shape index (κ2) is 4.92. The average Bonchev–Trinajstić information content (AvgIpc) is 3.05. The lowest BCUT2D eigenvalue weighted by Crippen LogP contribution is -2.68. The van der Waals surface area contributed by atoms with Crippen LogP contribution in [0.15, 0.2) is 30.3 Å². The molecular weight excluding hydrogens is 242 g/mol. The van der Waals surface area contributed by atoms with Crippen LogP contribution in [-0.2, 0) is 9.53 Å². The molecular formula is C14H19N3O2. The summed E-state index contributed by atoms with van der Waals surface area (Å²) in [6, 6.07) is 10.3. The largest absolute Gasteiger partial charge is 0.468 e. The van der Waals surface area contributed by atoms with Gasteiger partial charge in [0.15, 0.2) is 0 Å². The number of carbonyl (C=O) groups excluding carboxylic acids is 1. The van der Waals surface area contributed by atoms with Gasteiger partial charge in [0.25, 0.3) is 0 Å². The molecule has 4 atom stereocenters. The van der Waals surface area contributed by atoms with Crippen LogP contribution in [0.4, 0.5) is 0 Å². The Morgan fingerprint density at radius 2 is 2.16 bits per heavy atom. The lowest BCUT2D eigenvalue weighted by atomic mass is 10.1. The highest BCUT2D eigenvalue weighted by Crippen LogP contribution is 2.35. The van der Waals surface area contributed by atoms with E-state index >= 15 is 0 Å². The van der Waals surface area contributed by atoms with E-state index in [1.54, 1.807) is 0 Å². The van der Waals surface area contributed by atoms with Crippen LogP contribution >= 0.6 is 0 Å². The number of nitrogens with zero attached hydrogens (tertiary/aromatic N) is 2. The smallest absolute Gasteiger partial charge is 0.328 e. The molecule has 0 spiro atoms. The van der Waals surface area contributed by atoms with E-state index in [0.29, 0.717) is 12.1 Å². The molecule has 5 heteroatoms. The SMILES string of the molecule is COC(=O)[C@H](NN1[C@@H]2CCN1[C@@H]2C)c1ccccc1. The van der Waals surface area contributed by atoms with Gasteiger partial charge in [-0.3, -0.25) is 0 Å². The number of esters is 1. The quantitative estimate of drug-likeness (QED) is 0.822. The van der Waals surface area contributed by atoms with Crippen molar-refractivity contribution in [3.8, 4) is 0 Å². The maximum absolute atomic E-state index is 12.0. The summed E-state index contributed by atoms with van der Waals surface area (Å²) in [6.45, 7) is 3.27. The molecule has 3 heterocycles. The van der Waals surface area contributed by atoms with Gasteiger partial charge in [0.1, 0.15) is 6.04 Å². The van der Waals surface area contributed by atoms with Crippen LogP contribution in [0, 0.1) is 0 Å². The van der Waals surface area contributed by atoms with E-state index in [4.69, 9.17) is 4.74 Å². The summed E-state index contributed by atoms with van der Waals surface area (Å²) < 4.78 is 4.91. The van der Waals surface area contributed by atoms with Crippen molar-refractivity contribution in [2.75, 3.05) is 13.7 Å². The Labute approximate surface area is 113 Å². The van der Waals surface area contributed by atoms with Crippen molar-refractivity contribution in [1.29, 1.82) is 0 Å². The van der Waals surface area contributed by atoms with Gasteiger partial charge in [0.2, 0.25) is 0 Å². The number of hydrogen-bond donors (Lipinski definition) is 1. The molecule has 3 aliphatic rings. The molecule has 1 unspecified atom stereocenters. The second-order valence-electron chi connectivity index (χ2n) is 5.10. The minimum atomic E-state index is -0.443. The first kappa shape index (κ1) is 12.6. The molecule has 0 amide bonds. The summed E-state index contributed by atoms with van der Waals surface area (Å²) in [6.07, 6.45) is 1.15. The van der Waals surface area contributed by atoms with E-state index in [2.05, 4.69) is 22.5 Å². The predicted molar refractivity (Wildman–Crippen MR) is 70.7 cm³/mol. The summed E-state index contributed by atoms with van der Waals surface area (Å²) in [5, 5.41) is 4.34. The zero-order valence-corrected chi connectivity index (χ0v) is 11.2. The highest BCUT2D eigenvalue weighted by atomic mass is 16.5. The van der Waals surface area contributed by atoms with Gasteiger partial charge in [-0.1, -0.05) is 30.3 Å². The topological polar surface area (TPSA) is 44.8 Å². The third kappa shape index (κ3) is 2.04. The number of methoxy groups -OCH3 is 1. The molecule has 5 nitrogen and oxygen atoms in total. The number of rotatable bonds is 4. The molecule has 4 rings (SSSR count). The molecule has 2 bridgehead atoms. The van der Waals surface area contributed by atoms with Crippen LogP contribution in [0.3, 0.4) is 0 Å². The fraction of sp³-hybridized carbons (Fsp3) is 0.500. The number of hydrazine groups is 2. The van der Waals surface area contributed by atoms with Crippen LogP contribution in [0.25, 0.3) is 0 Å². The van der Waals surface area contributed by atoms with Crippen molar-refractivity contribution in [1.82, 2.24) is 15.6 Å². The van der Waals surface area contributed by atoms with Gasteiger partial charge >= 0.3 is 5.97 Å². The molecule has 102 valence electrons. The maximum atomic E-state index is 12.0. The Balaban J connectivity index is 1.76. The van der Waals surface area contributed by atoms with E-state index in [0.717, 1.165) is 18.5 Å². The van der Waals surface area contributed by atoms with E-state index in [1.807, 2.05) is 30.3 Å². The van der Waals surface area contributed by atoms with Gasteiger partial charge < -0.3 is 4.74 Å². The van der Waals surface area contributed by atoms with E-state index in [-0.39, 0.29) is 5.97 Å². The zero-order valence-electron chi connectivity index (χ0n) is 11.2. The van der Waals surface area contributed by atoms with Crippen LogP contribution in [0.1, 0.15) is 24.9 Å². The molecule has 1 N–H and O–H groups in total. The van der Waals surface area contributed by atoms with Crippen molar-refractivity contribution in [3.63, 3.8) is 0 Å². The number of benzene rings is 1. The average molecular weight is 261 g/mol. The Morgan fingerprint density at radius 3 is 2.68 bits per heavy atom. The molecule has 1 aromatic carbocycles. The van der Waals surface area contributed by atoms with Gasteiger partial charge in [-0.05, 0) is 18.9 Å². The molecule has 3 aliphatic heterocycles. The van der Waals surface area contributed by atoms with Crippen LogP contribution in [-0.4, -0.2) is 41.8 Å². The monoisotopic (exact) mass is 261 g/mol. The third-order valence-corrected chi connectivity index (χ3v) is 4.10. The van der Waals surface area contributed by atoms with E-state index in [1.165, 1.54) is 7.11 Å². The summed E-state index contributed by atoms with van der Waals surface area (Å²) in [5.41, 5.74) is 4.22. The Kier molecular flexibility index (Phi) is 3.26. The highest BCUT2D eigenvalue weighted by Gasteiger charge is 2.50. The summed E-state index contributed by atoms with van der Waals surface area (Å²) in [7, 11) is 1.42. The van der Waals surface area contributed by atoms with Crippen molar-refractivity contribution >= 4 is 5.97 Å². The first-order valence-corrected chi connectivity index (χ1v) is 6.67. The second-order valence-corrected chi connectivity index (χ2v) is 5.10. The summed E-state index contributed by atoms with van der Waals surface area (Å²) in [5.74, 6) is -0.258. The van der Waals surface area contributed by atoms with Crippen LogP contribution in [0.2, 0.25) is 0 Å². The number of ether oxygens (including phenoxy) is 1. The zero-order chi connectivity index (χ0) is 13.4. The Morgan fingerprint density at radius 1 is 1.42 bits per heavy atom. The highest BCUT2D eigenvalue weighted by molar-refractivity contribution is 5.77.